The molecule has 0 amide bonds. The Morgan fingerprint density at radius 2 is 2.07 bits per heavy atom. The van der Waals surface area contributed by atoms with Crippen LogP contribution in [-0.4, -0.2) is 29.6 Å². The number of ether oxygens (including phenoxy) is 1. The summed E-state index contributed by atoms with van der Waals surface area (Å²) in [7, 11) is -0.292. The minimum absolute atomic E-state index is 0.292. The van der Waals surface area contributed by atoms with Gasteiger partial charge in [-0.3, -0.25) is 0 Å². The molecule has 0 saturated carbocycles. The third kappa shape index (κ3) is 3.78. The first-order valence-corrected chi connectivity index (χ1v) is 7.22. The molecule has 1 aliphatic heterocycles. The van der Waals surface area contributed by atoms with Gasteiger partial charge in [0.15, 0.2) is 9.76 Å². The van der Waals surface area contributed by atoms with Gasteiger partial charge in [-0.15, -0.1) is 0 Å². The van der Waals surface area contributed by atoms with Gasteiger partial charge in [0.25, 0.3) is 0 Å². The molecule has 1 fully saturated rings. The predicted octanol–water partition coefficient (Wildman–Crippen LogP) is 1.39. The summed E-state index contributed by atoms with van der Waals surface area (Å²) in [6, 6.07) is 11.8. The molecule has 0 bridgehead atoms. The normalized spacial score (nSPS) is 17.1. The molecule has 1 heterocycles. The highest BCUT2D eigenvalue weighted by Gasteiger charge is 2.17. The summed E-state index contributed by atoms with van der Waals surface area (Å²) in [5.74, 6) is 0.813. The Hall–Kier alpha value is -0.643. The molecule has 1 aromatic rings. The highest BCUT2D eigenvalue weighted by Crippen LogP contribution is 2.14. The van der Waals surface area contributed by atoms with Crippen LogP contribution in [0.15, 0.2) is 30.3 Å². The van der Waals surface area contributed by atoms with Crippen LogP contribution < -0.4 is 0 Å². The van der Waals surface area contributed by atoms with Crippen LogP contribution >= 0.6 is 0 Å². The predicted molar refractivity (Wildman–Crippen MR) is 63.8 cm³/mol. The van der Waals surface area contributed by atoms with E-state index in [1.54, 1.807) is 0 Å². The average Bonchev–Trinajstić information content (AvgIpc) is 2.22. The zero-order valence-electron chi connectivity index (χ0n) is 9.02. The monoisotopic (exact) mass is 222 g/mol. The SMILES string of the molecule is c1ccc(CCO[SiH2]CC2COC2)cc1. The summed E-state index contributed by atoms with van der Waals surface area (Å²) in [4.78, 5) is 0. The maximum absolute atomic E-state index is 5.73. The average molecular weight is 222 g/mol. The van der Waals surface area contributed by atoms with Gasteiger partial charge < -0.3 is 9.16 Å². The van der Waals surface area contributed by atoms with Gasteiger partial charge in [0, 0.05) is 12.5 Å². The van der Waals surface area contributed by atoms with Crippen LogP contribution in [0.2, 0.25) is 6.04 Å². The maximum atomic E-state index is 5.73. The first-order valence-electron chi connectivity index (χ1n) is 5.64. The van der Waals surface area contributed by atoms with Crippen molar-refractivity contribution >= 4 is 9.76 Å². The molecule has 0 spiro atoms. The molecule has 3 heteroatoms. The summed E-state index contributed by atoms with van der Waals surface area (Å²) in [5, 5.41) is 0. The van der Waals surface area contributed by atoms with E-state index in [4.69, 9.17) is 9.16 Å². The van der Waals surface area contributed by atoms with Crippen molar-refractivity contribution in [1.82, 2.24) is 0 Å². The Kier molecular flexibility index (Phi) is 4.38. The van der Waals surface area contributed by atoms with Crippen molar-refractivity contribution in [3.63, 3.8) is 0 Å². The number of benzene rings is 1. The Morgan fingerprint density at radius 3 is 2.73 bits per heavy atom. The number of hydrogen-bond acceptors (Lipinski definition) is 2. The highest BCUT2D eigenvalue weighted by atomic mass is 28.2. The fourth-order valence-electron chi connectivity index (χ4n) is 1.64. The highest BCUT2D eigenvalue weighted by molar-refractivity contribution is 6.27. The van der Waals surface area contributed by atoms with Crippen molar-refractivity contribution in [2.45, 2.75) is 12.5 Å². The molecule has 1 saturated heterocycles. The standard InChI is InChI=1S/C12H18O2Si/c1-2-4-11(5-3-1)6-7-14-15-10-12-8-13-9-12/h1-5,12H,6-10,15H2. The van der Waals surface area contributed by atoms with Gasteiger partial charge in [0.2, 0.25) is 0 Å². The van der Waals surface area contributed by atoms with E-state index in [1.165, 1.54) is 11.6 Å². The molecule has 2 rings (SSSR count). The molecule has 82 valence electrons. The number of rotatable bonds is 6. The quantitative estimate of drug-likeness (QED) is 0.535. The second-order valence-corrected chi connectivity index (χ2v) is 5.43. The van der Waals surface area contributed by atoms with Gasteiger partial charge >= 0.3 is 0 Å². The van der Waals surface area contributed by atoms with E-state index in [0.29, 0.717) is 0 Å². The van der Waals surface area contributed by atoms with Crippen LogP contribution in [0.1, 0.15) is 5.56 Å². The Morgan fingerprint density at radius 1 is 1.27 bits per heavy atom. The van der Waals surface area contributed by atoms with Crippen molar-refractivity contribution in [2.24, 2.45) is 5.92 Å². The lowest BCUT2D eigenvalue weighted by Gasteiger charge is -2.25. The zero-order chi connectivity index (χ0) is 10.3. The lowest BCUT2D eigenvalue weighted by Crippen LogP contribution is -2.28. The van der Waals surface area contributed by atoms with Crippen LogP contribution in [0.3, 0.4) is 0 Å². The van der Waals surface area contributed by atoms with Crippen molar-refractivity contribution in [3.8, 4) is 0 Å². The molecule has 15 heavy (non-hydrogen) atoms. The molecule has 0 aliphatic carbocycles. The zero-order valence-corrected chi connectivity index (χ0v) is 10.4. The fourth-order valence-corrected chi connectivity index (χ4v) is 2.82. The van der Waals surface area contributed by atoms with E-state index >= 15 is 0 Å². The van der Waals surface area contributed by atoms with Gasteiger partial charge in [0.1, 0.15) is 0 Å². The van der Waals surface area contributed by atoms with Crippen LogP contribution in [-0.2, 0) is 15.6 Å². The smallest absolute Gasteiger partial charge is 0.161 e. The first-order chi connectivity index (χ1) is 7.45. The second-order valence-electron chi connectivity index (χ2n) is 4.04. The summed E-state index contributed by atoms with van der Waals surface area (Å²) in [6.07, 6.45) is 1.05. The summed E-state index contributed by atoms with van der Waals surface area (Å²) < 4.78 is 10.9. The summed E-state index contributed by atoms with van der Waals surface area (Å²) >= 11 is 0. The molecule has 0 N–H and O–H groups in total. The van der Waals surface area contributed by atoms with Crippen molar-refractivity contribution in [2.75, 3.05) is 19.8 Å². The maximum Gasteiger partial charge on any atom is 0.161 e. The Balaban J connectivity index is 1.51. The van der Waals surface area contributed by atoms with Gasteiger partial charge in [-0.05, 0) is 18.0 Å². The van der Waals surface area contributed by atoms with Gasteiger partial charge in [0.05, 0.1) is 13.2 Å². The Bertz CT molecular complexity index is 272. The molecule has 1 aliphatic rings. The van der Waals surface area contributed by atoms with Crippen molar-refractivity contribution < 1.29 is 9.16 Å². The lowest BCUT2D eigenvalue weighted by atomic mass is 10.1. The lowest BCUT2D eigenvalue weighted by molar-refractivity contribution is -0.0231. The van der Waals surface area contributed by atoms with Crippen LogP contribution in [0, 0.1) is 5.92 Å². The number of hydrogen-bond donors (Lipinski definition) is 0. The molecule has 0 unspecified atom stereocenters. The van der Waals surface area contributed by atoms with E-state index in [2.05, 4.69) is 30.3 Å². The minimum Gasteiger partial charge on any atom is -0.424 e. The third-order valence-electron chi connectivity index (χ3n) is 2.76. The topological polar surface area (TPSA) is 18.5 Å². The fraction of sp³-hybridized carbons (Fsp3) is 0.500. The van der Waals surface area contributed by atoms with Crippen LogP contribution in [0.4, 0.5) is 0 Å². The molecule has 1 aromatic carbocycles. The first kappa shape index (κ1) is 10.9. The Labute approximate surface area is 93.5 Å². The van der Waals surface area contributed by atoms with Gasteiger partial charge in [-0.2, -0.15) is 0 Å². The summed E-state index contributed by atoms with van der Waals surface area (Å²) in [6.45, 7) is 2.83. The van der Waals surface area contributed by atoms with Crippen molar-refractivity contribution in [3.05, 3.63) is 35.9 Å². The third-order valence-corrected chi connectivity index (χ3v) is 4.38. The molecular formula is C12H18O2Si. The molecule has 2 nitrogen and oxygen atoms in total. The summed E-state index contributed by atoms with van der Waals surface area (Å²) in [5.41, 5.74) is 1.37. The largest absolute Gasteiger partial charge is 0.424 e. The van der Waals surface area contributed by atoms with Gasteiger partial charge in [-0.25, -0.2) is 0 Å². The van der Waals surface area contributed by atoms with E-state index < -0.39 is 0 Å². The molecular weight excluding hydrogens is 204 g/mol. The van der Waals surface area contributed by atoms with E-state index in [-0.39, 0.29) is 9.76 Å². The van der Waals surface area contributed by atoms with Gasteiger partial charge in [-0.1, -0.05) is 30.3 Å². The minimum atomic E-state index is -0.292. The second kappa shape index (κ2) is 6.05. The van der Waals surface area contributed by atoms with Crippen LogP contribution in [0.5, 0.6) is 0 Å². The molecule has 0 radical (unpaired) electrons. The molecule has 0 aromatic heterocycles. The van der Waals surface area contributed by atoms with Crippen LogP contribution in [0.25, 0.3) is 0 Å². The van der Waals surface area contributed by atoms with E-state index in [0.717, 1.165) is 32.2 Å². The molecule has 0 atom stereocenters. The van der Waals surface area contributed by atoms with E-state index in [1.807, 2.05) is 0 Å². The van der Waals surface area contributed by atoms with Crippen molar-refractivity contribution in [1.29, 1.82) is 0 Å². The van der Waals surface area contributed by atoms with E-state index in [9.17, 15) is 0 Å².